The van der Waals surface area contributed by atoms with Gasteiger partial charge in [0.1, 0.15) is 0 Å². The van der Waals surface area contributed by atoms with Crippen LogP contribution in [0.1, 0.15) is 18.1 Å². The quantitative estimate of drug-likeness (QED) is 0.351. The summed E-state index contributed by atoms with van der Waals surface area (Å²) >= 11 is 0. The maximum absolute atomic E-state index is 5.33. The lowest BCUT2D eigenvalue weighted by molar-refractivity contribution is 0.354. The van der Waals surface area contributed by atoms with E-state index >= 15 is 0 Å². The van der Waals surface area contributed by atoms with Gasteiger partial charge in [0, 0.05) is 19.3 Å². The molecular formula is C18H28IN5O2. The molecule has 2 rings (SSSR count). The normalized spacial score (nSPS) is 10.8. The van der Waals surface area contributed by atoms with Crippen LogP contribution in [0.3, 0.4) is 0 Å². The first-order chi connectivity index (χ1) is 12.2. The Hall–Kier alpha value is -1.97. The first-order valence-electron chi connectivity index (χ1n) is 8.38. The molecule has 0 aliphatic rings. The minimum absolute atomic E-state index is 0. The second kappa shape index (κ2) is 11.6. The van der Waals surface area contributed by atoms with Gasteiger partial charge in [-0.25, -0.2) is 4.99 Å². The third-order valence-corrected chi connectivity index (χ3v) is 3.61. The average molecular weight is 473 g/mol. The topological polar surface area (TPSA) is 72.7 Å². The smallest absolute Gasteiger partial charge is 0.191 e. The number of nitrogens with zero attached hydrogens (tertiary/aromatic N) is 3. The molecule has 0 radical (unpaired) electrons. The van der Waals surface area contributed by atoms with Gasteiger partial charge in [0.25, 0.3) is 0 Å². The number of hydrogen-bond donors (Lipinski definition) is 2. The van der Waals surface area contributed by atoms with Crippen LogP contribution in [-0.2, 0) is 13.1 Å². The first-order valence-corrected chi connectivity index (χ1v) is 8.38. The molecule has 2 N–H and O–H groups in total. The molecule has 0 amide bonds. The van der Waals surface area contributed by atoms with Crippen LogP contribution in [0.5, 0.6) is 11.5 Å². The van der Waals surface area contributed by atoms with Gasteiger partial charge in [-0.05, 0) is 37.1 Å². The van der Waals surface area contributed by atoms with E-state index < -0.39 is 0 Å². The zero-order valence-electron chi connectivity index (χ0n) is 15.8. The van der Waals surface area contributed by atoms with Gasteiger partial charge in [0.2, 0.25) is 0 Å². The molecule has 7 nitrogen and oxygen atoms in total. The van der Waals surface area contributed by atoms with Crippen molar-refractivity contribution in [3.63, 3.8) is 0 Å². The summed E-state index contributed by atoms with van der Waals surface area (Å²) in [4.78, 5) is 4.62. The number of aromatic nitrogens is 2. The number of halogens is 1. The molecule has 1 aromatic carbocycles. The van der Waals surface area contributed by atoms with Crippen molar-refractivity contribution in [3.8, 4) is 11.5 Å². The molecule has 26 heavy (non-hydrogen) atoms. The summed E-state index contributed by atoms with van der Waals surface area (Å²) in [6.45, 7) is 6.97. The second-order valence-corrected chi connectivity index (χ2v) is 5.59. The van der Waals surface area contributed by atoms with Crippen molar-refractivity contribution in [1.82, 2.24) is 20.4 Å². The van der Waals surface area contributed by atoms with Crippen LogP contribution in [0, 0.1) is 6.92 Å². The van der Waals surface area contributed by atoms with Crippen LogP contribution in [0.25, 0.3) is 0 Å². The highest BCUT2D eigenvalue weighted by Gasteiger charge is 2.05. The molecule has 0 bridgehead atoms. The summed E-state index contributed by atoms with van der Waals surface area (Å²) in [7, 11) is 3.26. The van der Waals surface area contributed by atoms with E-state index in [-0.39, 0.29) is 24.0 Å². The Labute approximate surface area is 172 Å². The van der Waals surface area contributed by atoms with E-state index in [0.717, 1.165) is 42.5 Å². The average Bonchev–Trinajstić information content (AvgIpc) is 3.04. The third-order valence-electron chi connectivity index (χ3n) is 3.61. The van der Waals surface area contributed by atoms with E-state index in [4.69, 9.17) is 9.47 Å². The molecule has 0 fully saturated rings. The van der Waals surface area contributed by atoms with Gasteiger partial charge in [-0.2, -0.15) is 5.10 Å². The van der Waals surface area contributed by atoms with Gasteiger partial charge in [-0.15, -0.1) is 24.0 Å². The Morgan fingerprint density at radius 1 is 1.19 bits per heavy atom. The van der Waals surface area contributed by atoms with Crippen molar-refractivity contribution in [1.29, 1.82) is 0 Å². The zero-order chi connectivity index (χ0) is 18.1. The van der Waals surface area contributed by atoms with E-state index in [9.17, 15) is 0 Å². The molecule has 0 saturated heterocycles. The number of rotatable bonds is 8. The molecule has 1 heterocycles. The predicted molar refractivity (Wildman–Crippen MR) is 115 cm³/mol. The van der Waals surface area contributed by atoms with Crippen molar-refractivity contribution < 1.29 is 9.47 Å². The fraction of sp³-hybridized carbons (Fsp3) is 0.444. The zero-order valence-corrected chi connectivity index (χ0v) is 18.1. The lowest BCUT2D eigenvalue weighted by Gasteiger charge is -2.12. The van der Waals surface area contributed by atoms with E-state index in [1.807, 2.05) is 49.1 Å². The summed E-state index contributed by atoms with van der Waals surface area (Å²) < 4.78 is 12.5. The number of hydrogen-bond acceptors (Lipinski definition) is 4. The molecule has 0 unspecified atom stereocenters. The number of aliphatic imine (C=N–C) groups is 1. The number of aryl methyl sites for hydroxylation is 1. The molecule has 1 aromatic heterocycles. The van der Waals surface area contributed by atoms with Gasteiger partial charge in [-0.3, -0.25) is 4.68 Å². The summed E-state index contributed by atoms with van der Waals surface area (Å²) in [5.74, 6) is 2.21. The number of nitrogens with one attached hydrogen (secondary N) is 2. The molecule has 8 heteroatoms. The van der Waals surface area contributed by atoms with E-state index in [2.05, 4.69) is 20.7 Å². The minimum atomic E-state index is 0. The summed E-state index contributed by atoms with van der Waals surface area (Å²) in [5, 5.41) is 10.8. The van der Waals surface area contributed by atoms with Gasteiger partial charge in [0.15, 0.2) is 17.5 Å². The molecule has 0 aliphatic carbocycles. The van der Waals surface area contributed by atoms with Crippen molar-refractivity contribution >= 4 is 29.9 Å². The Morgan fingerprint density at radius 2 is 1.96 bits per heavy atom. The molecule has 2 aromatic rings. The van der Waals surface area contributed by atoms with Crippen molar-refractivity contribution in [2.45, 2.75) is 26.9 Å². The van der Waals surface area contributed by atoms with E-state index in [1.54, 1.807) is 14.2 Å². The summed E-state index contributed by atoms with van der Waals surface area (Å²) in [5.41, 5.74) is 2.21. The fourth-order valence-corrected chi connectivity index (χ4v) is 2.37. The van der Waals surface area contributed by atoms with Crippen LogP contribution in [-0.4, -0.2) is 43.0 Å². The van der Waals surface area contributed by atoms with Gasteiger partial charge < -0.3 is 20.1 Å². The molecule has 0 spiro atoms. The van der Waals surface area contributed by atoms with Crippen molar-refractivity contribution in [2.24, 2.45) is 4.99 Å². The van der Waals surface area contributed by atoms with Crippen molar-refractivity contribution in [3.05, 3.63) is 41.7 Å². The number of benzene rings is 1. The van der Waals surface area contributed by atoms with Gasteiger partial charge >= 0.3 is 0 Å². The van der Waals surface area contributed by atoms with Gasteiger partial charge in [-0.1, -0.05) is 6.07 Å². The molecular weight excluding hydrogens is 445 g/mol. The highest BCUT2D eigenvalue weighted by atomic mass is 127. The maximum Gasteiger partial charge on any atom is 0.191 e. The van der Waals surface area contributed by atoms with E-state index in [1.165, 1.54) is 0 Å². The van der Waals surface area contributed by atoms with Gasteiger partial charge in [0.05, 0.1) is 33.5 Å². The summed E-state index contributed by atoms with van der Waals surface area (Å²) in [6, 6.07) is 5.82. The molecule has 0 saturated carbocycles. The Bertz CT molecular complexity index is 703. The maximum atomic E-state index is 5.33. The Morgan fingerprint density at radius 3 is 2.58 bits per heavy atom. The molecule has 0 atom stereocenters. The van der Waals surface area contributed by atoms with Crippen LogP contribution >= 0.6 is 24.0 Å². The SMILES string of the molecule is CCNC(=NCc1ccc(OC)c(OC)c1)NCCn1cc(C)cn1.I. The third kappa shape index (κ3) is 6.74. The minimum Gasteiger partial charge on any atom is -0.493 e. The van der Waals surface area contributed by atoms with Crippen molar-refractivity contribution in [2.75, 3.05) is 27.3 Å². The molecule has 0 aliphatic heterocycles. The highest BCUT2D eigenvalue weighted by molar-refractivity contribution is 14.0. The summed E-state index contributed by atoms with van der Waals surface area (Å²) in [6.07, 6.45) is 3.88. The Balaban J connectivity index is 0.00000338. The number of guanidine groups is 1. The standard InChI is InChI=1S/C18H27N5O2.HI/c1-5-19-18(20-8-9-23-13-14(2)11-22-23)21-12-15-6-7-16(24-3)17(10-15)25-4;/h6-7,10-11,13H,5,8-9,12H2,1-4H3,(H2,19,20,21);1H. The number of methoxy groups -OCH3 is 2. The van der Waals surface area contributed by atoms with Crippen LogP contribution in [0.15, 0.2) is 35.6 Å². The van der Waals surface area contributed by atoms with E-state index in [0.29, 0.717) is 12.3 Å². The fourth-order valence-electron chi connectivity index (χ4n) is 2.37. The Kier molecular flexibility index (Phi) is 9.85. The highest BCUT2D eigenvalue weighted by Crippen LogP contribution is 2.27. The van der Waals surface area contributed by atoms with Crippen LogP contribution < -0.4 is 20.1 Å². The predicted octanol–water partition coefficient (Wildman–Crippen LogP) is 2.58. The largest absolute Gasteiger partial charge is 0.493 e. The first kappa shape index (κ1) is 22.1. The second-order valence-electron chi connectivity index (χ2n) is 5.59. The van der Waals surface area contributed by atoms with Crippen LogP contribution in [0.4, 0.5) is 0 Å². The number of ether oxygens (including phenoxy) is 2. The monoisotopic (exact) mass is 473 g/mol. The lowest BCUT2D eigenvalue weighted by Crippen LogP contribution is -2.38. The van der Waals surface area contributed by atoms with Crippen LogP contribution in [0.2, 0.25) is 0 Å². The lowest BCUT2D eigenvalue weighted by atomic mass is 10.2. The molecule has 144 valence electrons.